The molecule has 1 aliphatic heterocycles. The Kier molecular flexibility index (Phi) is 7.19. The molecule has 4 nitrogen and oxygen atoms in total. The highest BCUT2D eigenvalue weighted by Gasteiger charge is 2.23. The predicted molar refractivity (Wildman–Crippen MR) is 217 cm³/mol. The van der Waals surface area contributed by atoms with E-state index in [9.17, 15) is 0 Å². The zero-order valence-corrected chi connectivity index (χ0v) is 28.6. The molecule has 2 aromatic heterocycles. The molecule has 1 atom stereocenters. The molecule has 0 radical (unpaired) electrons. The van der Waals surface area contributed by atoms with Crippen LogP contribution in [0.1, 0.15) is 5.56 Å². The lowest BCUT2D eigenvalue weighted by Crippen LogP contribution is -2.54. The Morgan fingerprint density at radius 3 is 2.00 bits per heavy atom. The van der Waals surface area contributed by atoms with Gasteiger partial charge in [0.15, 0.2) is 6.29 Å². The molecule has 0 fully saturated rings. The van der Waals surface area contributed by atoms with Gasteiger partial charge in [-0.1, -0.05) is 115 Å². The lowest BCUT2D eigenvalue weighted by Gasteiger charge is -2.37. The number of fused-ring (bicyclic) bond motifs is 6. The highest BCUT2D eigenvalue weighted by atomic mass is 32.1. The summed E-state index contributed by atoms with van der Waals surface area (Å²) in [7, 11) is 0. The van der Waals surface area contributed by atoms with Crippen LogP contribution in [-0.2, 0) is 0 Å². The number of aromatic nitrogens is 1. The molecular weight excluding hydrogens is 641 g/mol. The summed E-state index contributed by atoms with van der Waals surface area (Å²) in [6.45, 7) is 0.772. The molecule has 0 spiro atoms. The number of nitrogens with one attached hydrogen (secondary N) is 2. The van der Waals surface area contributed by atoms with Crippen LogP contribution < -0.4 is 15.5 Å². The van der Waals surface area contributed by atoms with Crippen molar-refractivity contribution in [3.63, 3.8) is 0 Å². The zero-order chi connectivity index (χ0) is 33.7. The minimum Gasteiger partial charge on any atom is -0.358 e. The lowest BCUT2D eigenvalue weighted by molar-refractivity contribution is 0.489. The van der Waals surface area contributed by atoms with Crippen LogP contribution in [0, 0.1) is 0 Å². The van der Waals surface area contributed by atoms with Gasteiger partial charge in [0.1, 0.15) is 0 Å². The van der Waals surface area contributed by atoms with E-state index in [1.54, 1.807) is 0 Å². The summed E-state index contributed by atoms with van der Waals surface area (Å²) in [6, 6.07) is 61.3. The average molecular weight is 675 g/mol. The van der Waals surface area contributed by atoms with Gasteiger partial charge < -0.3 is 14.8 Å². The molecule has 0 aliphatic carbocycles. The Bertz CT molecular complexity index is 2730. The number of hydrogen-bond donors (Lipinski definition) is 2. The van der Waals surface area contributed by atoms with Gasteiger partial charge in [-0.2, -0.15) is 0 Å². The van der Waals surface area contributed by atoms with Crippen molar-refractivity contribution in [3.8, 4) is 16.8 Å². The van der Waals surface area contributed by atoms with Crippen molar-refractivity contribution in [1.82, 2.24) is 15.2 Å². The summed E-state index contributed by atoms with van der Waals surface area (Å²) >= 11 is 1.88. The van der Waals surface area contributed by atoms with Crippen molar-refractivity contribution in [3.05, 3.63) is 182 Å². The molecule has 0 saturated heterocycles. The van der Waals surface area contributed by atoms with Crippen molar-refractivity contribution in [2.24, 2.45) is 0 Å². The summed E-state index contributed by atoms with van der Waals surface area (Å²) in [5, 5.41) is 12.5. The largest absolute Gasteiger partial charge is 0.358 e. The standard InChI is InChI=1S/C46H34N4S/c1-3-12-31(13-4-1)34-29-47-46(48-30-34)49(35-14-5-2-6-15-35)36-25-22-32(23-26-36)33-24-27-42-40(28-33)37-16-7-9-19-41(37)50(42)43-20-11-18-39-38-17-8-10-21-44(38)51-45(39)43/h1-29,46-48H,30H2. The minimum atomic E-state index is -0.0985. The van der Waals surface area contributed by atoms with Crippen LogP contribution in [0.3, 0.4) is 0 Å². The molecule has 0 amide bonds. The fourth-order valence-corrected chi connectivity index (χ4v) is 8.88. The maximum absolute atomic E-state index is 3.73. The molecule has 244 valence electrons. The van der Waals surface area contributed by atoms with E-state index < -0.39 is 0 Å². The van der Waals surface area contributed by atoms with Gasteiger partial charge in [0, 0.05) is 50.4 Å². The number of benzene rings is 7. The first-order valence-electron chi connectivity index (χ1n) is 17.4. The maximum Gasteiger partial charge on any atom is 0.159 e. The number of para-hydroxylation sites is 2. The highest BCUT2D eigenvalue weighted by molar-refractivity contribution is 7.26. The first-order valence-corrected chi connectivity index (χ1v) is 18.2. The third-order valence-electron chi connectivity index (χ3n) is 10.1. The summed E-state index contributed by atoms with van der Waals surface area (Å²) < 4.78 is 5.09. The molecular formula is C46H34N4S. The van der Waals surface area contributed by atoms with E-state index in [0.29, 0.717) is 0 Å². The molecule has 9 aromatic rings. The molecule has 0 bridgehead atoms. The first kappa shape index (κ1) is 29.7. The van der Waals surface area contributed by atoms with Crippen LogP contribution in [-0.4, -0.2) is 17.4 Å². The zero-order valence-electron chi connectivity index (χ0n) is 27.8. The second kappa shape index (κ2) is 12.3. The molecule has 0 saturated carbocycles. The minimum absolute atomic E-state index is 0.0985. The predicted octanol–water partition coefficient (Wildman–Crippen LogP) is 11.5. The fraction of sp³-hybridized carbons (Fsp3) is 0.0435. The van der Waals surface area contributed by atoms with E-state index in [4.69, 9.17) is 0 Å². The van der Waals surface area contributed by atoms with Gasteiger partial charge in [0.2, 0.25) is 0 Å². The first-order chi connectivity index (χ1) is 25.3. The second-order valence-corrected chi connectivity index (χ2v) is 14.1. The quantitative estimate of drug-likeness (QED) is 0.184. The third kappa shape index (κ3) is 5.09. The average Bonchev–Trinajstić information content (AvgIpc) is 3.75. The SMILES string of the molecule is C1=C(c2ccccc2)CNC(N(c2ccccc2)c2ccc(-c3ccc4c(c3)c3ccccc3n4-c3cccc4c3sc3ccccc34)cc2)N1. The summed E-state index contributed by atoms with van der Waals surface area (Å²) in [5.74, 6) is 0. The van der Waals surface area contributed by atoms with Crippen LogP contribution in [0.25, 0.3) is 64.4 Å². The van der Waals surface area contributed by atoms with Crippen LogP contribution in [0.5, 0.6) is 0 Å². The molecule has 5 heteroatoms. The van der Waals surface area contributed by atoms with Crippen molar-refractivity contribution < 1.29 is 0 Å². The molecule has 3 heterocycles. The number of thiophene rings is 1. The van der Waals surface area contributed by atoms with Gasteiger partial charge in [-0.05, 0) is 76.9 Å². The number of hydrogen-bond acceptors (Lipinski definition) is 4. The maximum atomic E-state index is 3.73. The highest BCUT2D eigenvalue weighted by Crippen LogP contribution is 2.41. The topological polar surface area (TPSA) is 32.2 Å². The van der Waals surface area contributed by atoms with E-state index in [0.717, 1.165) is 17.9 Å². The van der Waals surface area contributed by atoms with Crippen LogP contribution in [0.15, 0.2) is 176 Å². The molecule has 7 aromatic carbocycles. The van der Waals surface area contributed by atoms with Gasteiger partial charge in [-0.15, -0.1) is 11.3 Å². The van der Waals surface area contributed by atoms with E-state index in [1.165, 1.54) is 69.9 Å². The van der Waals surface area contributed by atoms with E-state index in [1.807, 2.05) is 11.3 Å². The van der Waals surface area contributed by atoms with Crippen molar-refractivity contribution in [2.45, 2.75) is 6.29 Å². The second-order valence-electron chi connectivity index (χ2n) is 13.1. The molecule has 2 N–H and O–H groups in total. The van der Waals surface area contributed by atoms with Crippen molar-refractivity contribution in [1.29, 1.82) is 0 Å². The Balaban J connectivity index is 1.03. The van der Waals surface area contributed by atoms with E-state index in [2.05, 4.69) is 196 Å². The third-order valence-corrected chi connectivity index (χ3v) is 11.3. The van der Waals surface area contributed by atoms with Crippen molar-refractivity contribution >= 4 is 70.3 Å². The number of nitrogens with zero attached hydrogens (tertiary/aromatic N) is 2. The van der Waals surface area contributed by atoms with E-state index in [-0.39, 0.29) is 6.29 Å². The lowest BCUT2D eigenvalue weighted by atomic mass is 10.0. The summed E-state index contributed by atoms with van der Waals surface area (Å²) in [6.07, 6.45) is 2.05. The smallest absolute Gasteiger partial charge is 0.159 e. The molecule has 1 aliphatic rings. The Morgan fingerprint density at radius 1 is 0.529 bits per heavy atom. The summed E-state index contributed by atoms with van der Waals surface area (Å²) in [4.78, 5) is 2.33. The molecule has 1 unspecified atom stereocenters. The Labute approximate surface area is 300 Å². The fourth-order valence-electron chi connectivity index (χ4n) is 7.67. The van der Waals surface area contributed by atoms with Gasteiger partial charge in [-0.3, -0.25) is 5.32 Å². The van der Waals surface area contributed by atoms with Gasteiger partial charge >= 0.3 is 0 Å². The van der Waals surface area contributed by atoms with Gasteiger partial charge in [0.25, 0.3) is 0 Å². The normalized spacial score (nSPS) is 14.6. The summed E-state index contributed by atoms with van der Waals surface area (Å²) in [5.41, 5.74) is 10.8. The molecule has 10 rings (SSSR count). The van der Waals surface area contributed by atoms with Crippen molar-refractivity contribution in [2.75, 3.05) is 11.4 Å². The van der Waals surface area contributed by atoms with Gasteiger partial charge in [0.05, 0.1) is 21.4 Å². The Morgan fingerprint density at radius 2 is 1.20 bits per heavy atom. The van der Waals surface area contributed by atoms with Gasteiger partial charge in [-0.25, -0.2) is 0 Å². The van der Waals surface area contributed by atoms with Crippen LogP contribution >= 0.6 is 11.3 Å². The number of rotatable bonds is 6. The number of anilines is 2. The van der Waals surface area contributed by atoms with E-state index >= 15 is 0 Å². The monoisotopic (exact) mass is 674 g/mol. The Hall–Kier alpha value is -6.14. The molecule has 51 heavy (non-hydrogen) atoms. The van der Waals surface area contributed by atoms with Crippen LogP contribution in [0.4, 0.5) is 11.4 Å². The van der Waals surface area contributed by atoms with Crippen LogP contribution in [0.2, 0.25) is 0 Å².